The highest BCUT2D eigenvalue weighted by molar-refractivity contribution is 6.19. The summed E-state index contributed by atoms with van der Waals surface area (Å²) in [5, 5.41) is 11.4. The molecule has 0 atom stereocenters. The molecule has 0 aliphatic carbocycles. The van der Waals surface area contributed by atoms with Gasteiger partial charge in [0.2, 0.25) is 11.8 Å². The lowest BCUT2D eigenvalue weighted by Gasteiger charge is -2.14. The summed E-state index contributed by atoms with van der Waals surface area (Å²) in [7, 11) is 0. The van der Waals surface area contributed by atoms with E-state index in [1.165, 1.54) is 6.07 Å². The van der Waals surface area contributed by atoms with E-state index in [1.54, 1.807) is 18.2 Å². The molecule has 0 bridgehead atoms. The van der Waals surface area contributed by atoms with Gasteiger partial charge < -0.3 is 4.42 Å². The Morgan fingerprint density at radius 2 is 1.79 bits per heavy atom. The van der Waals surface area contributed by atoms with Crippen molar-refractivity contribution in [2.45, 2.75) is 13.8 Å². The summed E-state index contributed by atoms with van der Waals surface area (Å²) in [6.07, 6.45) is 0. The highest BCUT2D eigenvalue weighted by Gasteiger charge is 2.32. The first-order valence-corrected chi connectivity index (χ1v) is 5.40. The van der Waals surface area contributed by atoms with Gasteiger partial charge in [-0.25, -0.2) is 4.90 Å². The molecule has 0 spiro atoms. The number of carbonyl (C=O) groups excluding carboxylic acids is 2. The minimum Gasteiger partial charge on any atom is -0.399 e. The molecule has 7 nitrogen and oxygen atoms in total. The van der Waals surface area contributed by atoms with E-state index in [9.17, 15) is 19.7 Å². The predicted octanol–water partition coefficient (Wildman–Crippen LogP) is 2.24. The van der Waals surface area contributed by atoms with E-state index in [2.05, 4.69) is 0 Å². The molecule has 1 aromatic heterocycles. The van der Waals surface area contributed by atoms with Gasteiger partial charge in [-0.2, -0.15) is 0 Å². The van der Waals surface area contributed by atoms with Crippen LogP contribution in [0.25, 0.3) is 11.0 Å². The fourth-order valence-corrected chi connectivity index (χ4v) is 1.90. The SMILES string of the molecule is CC(=O)N(C(C)=O)c1c([N+](=O)[O-])oc2ccccc12. The molecule has 0 fully saturated rings. The first-order valence-electron chi connectivity index (χ1n) is 5.40. The molecule has 2 rings (SSSR count). The van der Waals surface area contributed by atoms with Gasteiger partial charge >= 0.3 is 5.88 Å². The summed E-state index contributed by atoms with van der Waals surface area (Å²) in [5.41, 5.74) is 0.123. The zero-order valence-electron chi connectivity index (χ0n) is 10.2. The van der Waals surface area contributed by atoms with E-state index in [4.69, 9.17) is 4.42 Å². The highest BCUT2D eigenvalue weighted by atomic mass is 16.6. The van der Waals surface area contributed by atoms with Crippen LogP contribution < -0.4 is 4.90 Å². The van der Waals surface area contributed by atoms with Gasteiger partial charge in [-0.05, 0) is 12.1 Å². The number of hydrogen-bond acceptors (Lipinski definition) is 5. The minimum atomic E-state index is -0.756. The van der Waals surface area contributed by atoms with E-state index in [-0.39, 0.29) is 11.3 Å². The van der Waals surface area contributed by atoms with E-state index in [1.807, 2.05) is 0 Å². The largest absolute Gasteiger partial charge is 0.458 e. The maximum atomic E-state index is 11.5. The molecule has 0 aliphatic rings. The van der Waals surface area contributed by atoms with Gasteiger partial charge in [0.15, 0.2) is 5.69 Å². The van der Waals surface area contributed by atoms with Crippen LogP contribution in [0.15, 0.2) is 28.7 Å². The zero-order chi connectivity index (χ0) is 14.2. The smallest absolute Gasteiger partial charge is 0.399 e. The maximum absolute atomic E-state index is 11.5. The number of fused-ring (bicyclic) bond motifs is 1. The van der Waals surface area contributed by atoms with Crippen molar-refractivity contribution in [3.63, 3.8) is 0 Å². The molecule has 0 radical (unpaired) electrons. The maximum Gasteiger partial charge on any atom is 0.458 e. The topological polar surface area (TPSA) is 93.7 Å². The van der Waals surface area contributed by atoms with Crippen molar-refractivity contribution in [3.8, 4) is 0 Å². The number of imide groups is 1. The van der Waals surface area contributed by atoms with Crippen molar-refractivity contribution in [1.82, 2.24) is 0 Å². The Bertz CT molecular complexity index is 674. The molecule has 19 heavy (non-hydrogen) atoms. The highest BCUT2D eigenvalue weighted by Crippen LogP contribution is 2.39. The number of hydrogen-bond donors (Lipinski definition) is 0. The number of nitro groups is 1. The number of rotatable bonds is 2. The lowest BCUT2D eigenvalue weighted by Crippen LogP contribution is -2.33. The molecule has 1 aromatic carbocycles. The number of furan rings is 1. The molecule has 0 saturated heterocycles. The molecule has 1 heterocycles. The molecule has 0 saturated carbocycles. The summed E-state index contributed by atoms with van der Waals surface area (Å²) in [6.45, 7) is 2.32. The van der Waals surface area contributed by atoms with Crippen molar-refractivity contribution < 1.29 is 18.9 Å². The molecular formula is C12H10N2O5. The van der Waals surface area contributed by atoms with Crippen LogP contribution in [0, 0.1) is 10.1 Å². The first-order chi connectivity index (χ1) is 8.93. The summed E-state index contributed by atoms with van der Waals surface area (Å²) < 4.78 is 5.10. The molecule has 98 valence electrons. The Kier molecular flexibility index (Phi) is 3.04. The first kappa shape index (κ1) is 12.7. The van der Waals surface area contributed by atoms with Crippen LogP contribution in [0.4, 0.5) is 11.6 Å². The van der Waals surface area contributed by atoms with Crippen LogP contribution in [-0.2, 0) is 9.59 Å². The van der Waals surface area contributed by atoms with Crippen LogP contribution in [0.3, 0.4) is 0 Å². The van der Waals surface area contributed by atoms with Gasteiger partial charge in [0, 0.05) is 13.8 Å². The summed E-state index contributed by atoms with van der Waals surface area (Å²) in [5.74, 6) is -1.84. The summed E-state index contributed by atoms with van der Waals surface area (Å²) in [6, 6.07) is 6.37. The average Bonchev–Trinajstić information content (AvgIpc) is 2.68. The lowest BCUT2D eigenvalue weighted by atomic mass is 10.2. The van der Waals surface area contributed by atoms with Crippen LogP contribution in [-0.4, -0.2) is 16.7 Å². The second-order valence-corrected chi connectivity index (χ2v) is 3.88. The standard InChI is InChI=1S/C12H10N2O5/c1-7(15)13(8(2)16)11-9-5-3-4-6-10(9)19-12(11)14(17)18/h3-6H,1-2H3. The van der Waals surface area contributed by atoms with E-state index in [0.717, 1.165) is 18.7 Å². The van der Waals surface area contributed by atoms with Gasteiger partial charge in [0.25, 0.3) is 0 Å². The predicted molar refractivity (Wildman–Crippen MR) is 66.7 cm³/mol. The van der Waals surface area contributed by atoms with Gasteiger partial charge in [0.05, 0.1) is 5.39 Å². The van der Waals surface area contributed by atoms with Crippen LogP contribution in [0.2, 0.25) is 0 Å². The van der Waals surface area contributed by atoms with E-state index in [0.29, 0.717) is 5.39 Å². The molecule has 2 aromatic rings. The molecule has 0 unspecified atom stereocenters. The number of amides is 2. The number of carbonyl (C=O) groups is 2. The van der Waals surface area contributed by atoms with E-state index >= 15 is 0 Å². The lowest BCUT2D eigenvalue weighted by molar-refractivity contribution is -0.400. The summed E-state index contributed by atoms with van der Waals surface area (Å²) in [4.78, 5) is 34.1. The quantitative estimate of drug-likeness (QED) is 0.611. The van der Waals surface area contributed by atoms with E-state index < -0.39 is 22.6 Å². The van der Waals surface area contributed by atoms with Crippen molar-refractivity contribution in [2.75, 3.05) is 4.90 Å². The summed E-state index contributed by atoms with van der Waals surface area (Å²) >= 11 is 0. The van der Waals surface area contributed by atoms with Crippen molar-refractivity contribution >= 4 is 34.4 Å². The second kappa shape index (κ2) is 4.52. The van der Waals surface area contributed by atoms with Gasteiger partial charge in [0.1, 0.15) is 10.5 Å². The monoisotopic (exact) mass is 262 g/mol. The van der Waals surface area contributed by atoms with Crippen molar-refractivity contribution in [2.24, 2.45) is 0 Å². The third-order valence-electron chi connectivity index (χ3n) is 2.57. The third kappa shape index (κ3) is 2.05. The Morgan fingerprint density at radius 3 is 2.32 bits per heavy atom. The molecule has 7 heteroatoms. The Balaban J connectivity index is 2.82. The van der Waals surface area contributed by atoms with Crippen molar-refractivity contribution in [1.29, 1.82) is 0 Å². The fourth-order valence-electron chi connectivity index (χ4n) is 1.90. The fraction of sp³-hybridized carbons (Fsp3) is 0.167. The zero-order valence-corrected chi connectivity index (χ0v) is 10.2. The van der Waals surface area contributed by atoms with Gasteiger partial charge in [-0.1, -0.05) is 12.1 Å². The Morgan fingerprint density at radius 1 is 1.21 bits per heavy atom. The van der Waals surface area contributed by atoms with Crippen LogP contribution >= 0.6 is 0 Å². The molecule has 0 aliphatic heterocycles. The van der Waals surface area contributed by atoms with Crippen LogP contribution in [0.5, 0.6) is 0 Å². The average molecular weight is 262 g/mol. The number of anilines is 1. The Labute approximate surface area is 107 Å². The Hall–Kier alpha value is -2.70. The second-order valence-electron chi connectivity index (χ2n) is 3.88. The third-order valence-corrected chi connectivity index (χ3v) is 2.57. The number of para-hydroxylation sites is 1. The minimum absolute atomic E-state index is 0.124. The number of nitrogens with zero attached hydrogens (tertiary/aromatic N) is 2. The number of benzene rings is 1. The van der Waals surface area contributed by atoms with Crippen LogP contribution in [0.1, 0.15) is 13.8 Å². The normalized spacial score (nSPS) is 10.4. The molecule has 2 amide bonds. The van der Waals surface area contributed by atoms with Crippen molar-refractivity contribution in [3.05, 3.63) is 34.4 Å². The van der Waals surface area contributed by atoms with Gasteiger partial charge in [-0.15, -0.1) is 0 Å². The molecule has 0 N–H and O–H groups in total. The van der Waals surface area contributed by atoms with Gasteiger partial charge in [-0.3, -0.25) is 19.7 Å². The molecular weight excluding hydrogens is 252 g/mol.